The van der Waals surface area contributed by atoms with Gasteiger partial charge in [0, 0.05) is 39.4 Å². The Morgan fingerprint density at radius 2 is 2.10 bits per heavy atom. The maximum Gasteiger partial charge on any atom is 0.259 e. The predicted octanol–water partition coefficient (Wildman–Crippen LogP) is 1.37. The highest BCUT2D eigenvalue weighted by Gasteiger charge is 2.39. The summed E-state index contributed by atoms with van der Waals surface area (Å²) in [5.41, 5.74) is 5.76. The van der Waals surface area contributed by atoms with Gasteiger partial charge in [-0.25, -0.2) is 4.98 Å². The molecule has 2 aromatic rings. The molecule has 0 radical (unpaired) electrons. The summed E-state index contributed by atoms with van der Waals surface area (Å²) >= 11 is 0. The van der Waals surface area contributed by atoms with E-state index < -0.39 is 5.60 Å². The van der Waals surface area contributed by atoms with E-state index in [4.69, 9.17) is 19.7 Å². The molecule has 0 aliphatic carbocycles. The Bertz CT molecular complexity index is 576. The number of nitrogens with zero attached hydrogens (tertiary/aromatic N) is 3. The molecule has 7 nitrogen and oxygen atoms in total. The second-order valence-electron chi connectivity index (χ2n) is 4.71. The van der Waals surface area contributed by atoms with E-state index >= 15 is 0 Å². The molecule has 0 unspecified atom stereocenters. The summed E-state index contributed by atoms with van der Waals surface area (Å²) in [4.78, 5) is 8.45. The highest BCUT2D eigenvalue weighted by atomic mass is 16.5. The molecule has 2 aromatic heterocycles. The molecule has 7 heteroatoms. The fraction of sp³-hybridized carbons (Fsp3) is 0.462. The molecule has 20 heavy (non-hydrogen) atoms. The van der Waals surface area contributed by atoms with Crippen molar-refractivity contribution in [1.82, 2.24) is 15.1 Å². The summed E-state index contributed by atoms with van der Waals surface area (Å²) in [5, 5.41) is 4.06. The summed E-state index contributed by atoms with van der Waals surface area (Å²) in [5.74, 6) is 1.41. The molecule has 2 N–H and O–H groups in total. The highest BCUT2D eigenvalue weighted by Crippen LogP contribution is 2.34. The third kappa shape index (κ3) is 2.25. The van der Waals surface area contributed by atoms with E-state index in [0.29, 0.717) is 43.6 Å². The average molecular weight is 276 g/mol. The summed E-state index contributed by atoms with van der Waals surface area (Å²) in [7, 11) is 1.66. The van der Waals surface area contributed by atoms with Crippen LogP contribution < -0.4 is 5.73 Å². The fourth-order valence-electron chi connectivity index (χ4n) is 2.28. The molecule has 1 saturated heterocycles. The molecular formula is C13H16N4O3. The van der Waals surface area contributed by atoms with Crippen molar-refractivity contribution in [2.45, 2.75) is 18.4 Å². The standard InChI is InChI=1S/C13H16N4O3/c1-18-13(4-6-19-7-5-13)12-16-11(20-17-12)9-2-3-10(14)15-8-9/h2-3,8H,4-7H2,1H3,(H2,14,15). The largest absolute Gasteiger partial charge is 0.384 e. The van der Waals surface area contributed by atoms with Crippen LogP contribution in [0.2, 0.25) is 0 Å². The maximum atomic E-state index is 5.63. The molecule has 3 heterocycles. The first-order chi connectivity index (χ1) is 9.73. The topological polar surface area (TPSA) is 96.3 Å². The number of rotatable bonds is 3. The lowest BCUT2D eigenvalue weighted by Crippen LogP contribution is -2.36. The van der Waals surface area contributed by atoms with Gasteiger partial charge in [-0.05, 0) is 12.1 Å². The Balaban J connectivity index is 1.91. The number of hydrogen-bond donors (Lipinski definition) is 1. The Hall–Kier alpha value is -1.99. The third-order valence-corrected chi connectivity index (χ3v) is 3.56. The van der Waals surface area contributed by atoms with Crippen molar-refractivity contribution in [1.29, 1.82) is 0 Å². The normalized spacial score (nSPS) is 18.1. The first-order valence-corrected chi connectivity index (χ1v) is 6.42. The van der Waals surface area contributed by atoms with Gasteiger partial charge < -0.3 is 19.7 Å². The molecule has 0 amide bonds. The number of hydrogen-bond acceptors (Lipinski definition) is 7. The van der Waals surface area contributed by atoms with Crippen LogP contribution >= 0.6 is 0 Å². The van der Waals surface area contributed by atoms with Gasteiger partial charge in [0.2, 0.25) is 5.82 Å². The molecule has 0 saturated carbocycles. The molecule has 1 aliphatic rings. The van der Waals surface area contributed by atoms with Gasteiger partial charge in [-0.3, -0.25) is 0 Å². The van der Waals surface area contributed by atoms with Gasteiger partial charge >= 0.3 is 0 Å². The minimum Gasteiger partial charge on any atom is -0.384 e. The van der Waals surface area contributed by atoms with Crippen LogP contribution in [0.25, 0.3) is 11.5 Å². The van der Waals surface area contributed by atoms with Gasteiger partial charge in [0.15, 0.2) is 0 Å². The second-order valence-corrected chi connectivity index (χ2v) is 4.71. The molecular weight excluding hydrogens is 260 g/mol. The number of pyridine rings is 1. The Morgan fingerprint density at radius 3 is 2.75 bits per heavy atom. The SMILES string of the molecule is COC1(c2noc(-c3ccc(N)nc3)n2)CCOCC1. The Labute approximate surface area is 116 Å². The third-order valence-electron chi connectivity index (χ3n) is 3.56. The van der Waals surface area contributed by atoms with E-state index in [1.807, 2.05) is 0 Å². The van der Waals surface area contributed by atoms with Crippen LogP contribution in [0.15, 0.2) is 22.9 Å². The van der Waals surface area contributed by atoms with Crippen LogP contribution in [0.3, 0.4) is 0 Å². The van der Waals surface area contributed by atoms with Crippen molar-refractivity contribution in [3.05, 3.63) is 24.2 Å². The van der Waals surface area contributed by atoms with E-state index in [-0.39, 0.29) is 0 Å². The summed E-state index contributed by atoms with van der Waals surface area (Å²) < 4.78 is 16.3. The van der Waals surface area contributed by atoms with Crippen molar-refractivity contribution in [2.24, 2.45) is 0 Å². The highest BCUT2D eigenvalue weighted by molar-refractivity contribution is 5.53. The Morgan fingerprint density at radius 1 is 1.30 bits per heavy atom. The second kappa shape index (κ2) is 5.18. The number of methoxy groups -OCH3 is 1. The molecule has 1 fully saturated rings. The van der Waals surface area contributed by atoms with Crippen LogP contribution in [0.4, 0.5) is 5.82 Å². The van der Waals surface area contributed by atoms with Gasteiger partial charge in [-0.1, -0.05) is 5.16 Å². The molecule has 3 rings (SSSR count). The van der Waals surface area contributed by atoms with E-state index in [9.17, 15) is 0 Å². The van der Waals surface area contributed by atoms with Crippen molar-refractivity contribution >= 4 is 5.82 Å². The van der Waals surface area contributed by atoms with E-state index in [2.05, 4.69) is 15.1 Å². The first kappa shape index (κ1) is 13.0. The van der Waals surface area contributed by atoms with Crippen molar-refractivity contribution in [3.63, 3.8) is 0 Å². The first-order valence-electron chi connectivity index (χ1n) is 6.42. The van der Waals surface area contributed by atoms with Crippen molar-refractivity contribution in [3.8, 4) is 11.5 Å². The quantitative estimate of drug-likeness (QED) is 0.904. The number of nitrogen functional groups attached to an aromatic ring is 1. The van der Waals surface area contributed by atoms with Crippen LogP contribution in [0, 0.1) is 0 Å². The summed E-state index contributed by atoms with van der Waals surface area (Å²) in [6.45, 7) is 1.25. The molecule has 1 aliphatic heterocycles. The Kier molecular flexibility index (Phi) is 3.37. The van der Waals surface area contributed by atoms with Crippen molar-refractivity contribution < 1.29 is 14.0 Å². The maximum absolute atomic E-state index is 5.63. The molecule has 0 bridgehead atoms. The van der Waals surface area contributed by atoms with Crippen molar-refractivity contribution in [2.75, 3.05) is 26.1 Å². The van der Waals surface area contributed by atoms with Gasteiger partial charge in [-0.2, -0.15) is 4.98 Å². The van der Waals surface area contributed by atoms with Crippen LogP contribution in [-0.2, 0) is 15.1 Å². The zero-order valence-electron chi connectivity index (χ0n) is 11.2. The van der Waals surface area contributed by atoms with E-state index in [1.54, 1.807) is 25.4 Å². The van der Waals surface area contributed by atoms with Gasteiger partial charge in [-0.15, -0.1) is 0 Å². The lowest BCUT2D eigenvalue weighted by Gasteiger charge is -2.32. The number of aromatic nitrogens is 3. The van der Waals surface area contributed by atoms with Gasteiger partial charge in [0.25, 0.3) is 5.89 Å². The number of ether oxygens (including phenoxy) is 2. The zero-order valence-corrected chi connectivity index (χ0v) is 11.2. The monoisotopic (exact) mass is 276 g/mol. The van der Waals surface area contributed by atoms with Crippen LogP contribution in [0.1, 0.15) is 18.7 Å². The van der Waals surface area contributed by atoms with Crippen LogP contribution in [-0.4, -0.2) is 35.4 Å². The molecule has 0 spiro atoms. The number of anilines is 1. The minimum absolute atomic E-state index is 0.412. The van der Waals surface area contributed by atoms with Crippen LogP contribution in [0.5, 0.6) is 0 Å². The molecule has 0 atom stereocenters. The predicted molar refractivity (Wildman–Crippen MR) is 70.7 cm³/mol. The summed E-state index contributed by atoms with van der Waals surface area (Å²) in [6.07, 6.45) is 3.03. The van der Waals surface area contributed by atoms with E-state index in [1.165, 1.54) is 0 Å². The smallest absolute Gasteiger partial charge is 0.259 e. The minimum atomic E-state index is -0.527. The zero-order chi connectivity index (χ0) is 14.0. The molecule has 106 valence electrons. The van der Waals surface area contributed by atoms with Gasteiger partial charge in [0.05, 0.1) is 5.56 Å². The fourth-order valence-corrected chi connectivity index (χ4v) is 2.28. The average Bonchev–Trinajstić information content (AvgIpc) is 2.99. The number of nitrogens with two attached hydrogens (primary N) is 1. The molecule has 0 aromatic carbocycles. The lowest BCUT2D eigenvalue weighted by atomic mass is 9.93. The van der Waals surface area contributed by atoms with Gasteiger partial charge in [0.1, 0.15) is 11.4 Å². The lowest BCUT2D eigenvalue weighted by molar-refractivity contribution is -0.101. The van der Waals surface area contributed by atoms with E-state index in [0.717, 1.165) is 5.56 Å². The summed E-state index contributed by atoms with van der Waals surface area (Å²) in [6, 6.07) is 3.49.